The van der Waals surface area contributed by atoms with Gasteiger partial charge in [0, 0.05) is 34.3 Å². The van der Waals surface area contributed by atoms with E-state index in [1.807, 2.05) is 62.4 Å². The first-order valence-electron chi connectivity index (χ1n) is 8.69. The molecule has 3 aromatic rings. The van der Waals surface area contributed by atoms with Gasteiger partial charge in [0.1, 0.15) is 0 Å². The maximum absolute atomic E-state index is 12.0. The lowest BCUT2D eigenvalue weighted by atomic mass is 10.1. The minimum absolute atomic E-state index is 0.0120. The Morgan fingerprint density at radius 3 is 2.44 bits per heavy atom. The standard InChI is InChI=1S/C20H22BrN3O2S/c1-14(2)24-27(25,26)13-16-8-6-15(7-9-16)12-23-19-10-11-22-20-17(19)4-3-5-18(20)21/h3-11,14,24H,12-13H2,1-2H3,(H,22,23). The van der Waals surface area contributed by atoms with Crippen LogP contribution in [0, 0.1) is 0 Å². The Morgan fingerprint density at radius 2 is 1.74 bits per heavy atom. The van der Waals surface area contributed by atoms with Crippen molar-refractivity contribution in [1.82, 2.24) is 9.71 Å². The molecule has 0 saturated heterocycles. The molecule has 0 fully saturated rings. The zero-order chi connectivity index (χ0) is 19.4. The molecule has 0 atom stereocenters. The molecule has 0 saturated carbocycles. The normalized spacial score (nSPS) is 11.9. The molecule has 0 aliphatic carbocycles. The van der Waals surface area contributed by atoms with Gasteiger partial charge >= 0.3 is 0 Å². The molecule has 0 spiro atoms. The van der Waals surface area contributed by atoms with Crippen LogP contribution in [0.4, 0.5) is 5.69 Å². The van der Waals surface area contributed by atoms with Gasteiger partial charge in [-0.3, -0.25) is 4.98 Å². The van der Waals surface area contributed by atoms with Gasteiger partial charge in [-0.15, -0.1) is 0 Å². The Hall–Kier alpha value is -1.96. The number of nitrogens with one attached hydrogen (secondary N) is 2. The van der Waals surface area contributed by atoms with Crippen LogP contribution in [0.5, 0.6) is 0 Å². The number of rotatable bonds is 7. The van der Waals surface area contributed by atoms with Gasteiger partial charge in [0.2, 0.25) is 10.0 Å². The maximum Gasteiger partial charge on any atom is 0.216 e. The van der Waals surface area contributed by atoms with Crippen molar-refractivity contribution in [3.8, 4) is 0 Å². The molecule has 0 aliphatic rings. The molecule has 0 radical (unpaired) electrons. The van der Waals surface area contributed by atoms with Crippen LogP contribution in [0.2, 0.25) is 0 Å². The number of benzene rings is 2. The molecule has 0 unspecified atom stereocenters. The van der Waals surface area contributed by atoms with Crippen LogP contribution >= 0.6 is 15.9 Å². The van der Waals surface area contributed by atoms with E-state index in [2.05, 4.69) is 31.0 Å². The van der Waals surface area contributed by atoms with Crippen molar-refractivity contribution < 1.29 is 8.42 Å². The second kappa shape index (κ2) is 8.37. The van der Waals surface area contributed by atoms with Crippen LogP contribution in [-0.4, -0.2) is 19.4 Å². The van der Waals surface area contributed by atoms with Crippen LogP contribution in [0.1, 0.15) is 25.0 Å². The van der Waals surface area contributed by atoms with E-state index >= 15 is 0 Å². The zero-order valence-corrected chi connectivity index (χ0v) is 17.6. The van der Waals surface area contributed by atoms with Gasteiger partial charge in [-0.2, -0.15) is 0 Å². The molecule has 2 N–H and O–H groups in total. The van der Waals surface area contributed by atoms with Crippen LogP contribution < -0.4 is 10.0 Å². The van der Waals surface area contributed by atoms with E-state index in [1.165, 1.54) is 0 Å². The number of aromatic nitrogens is 1. The number of hydrogen-bond donors (Lipinski definition) is 2. The second-order valence-electron chi connectivity index (χ2n) is 6.70. The lowest BCUT2D eigenvalue weighted by Gasteiger charge is -2.11. The number of anilines is 1. The monoisotopic (exact) mass is 447 g/mol. The molecule has 142 valence electrons. The Balaban J connectivity index is 1.69. The topological polar surface area (TPSA) is 71.1 Å². The van der Waals surface area contributed by atoms with E-state index in [4.69, 9.17) is 0 Å². The van der Waals surface area contributed by atoms with Crippen molar-refractivity contribution in [2.45, 2.75) is 32.2 Å². The molecule has 0 amide bonds. The molecular weight excluding hydrogens is 426 g/mol. The summed E-state index contributed by atoms with van der Waals surface area (Å²) in [5.74, 6) is -0.0120. The van der Waals surface area contributed by atoms with E-state index in [0.29, 0.717) is 6.54 Å². The van der Waals surface area contributed by atoms with Gasteiger partial charge in [-0.05, 0) is 53.0 Å². The average Bonchev–Trinajstić information content (AvgIpc) is 2.60. The summed E-state index contributed by atoms with van der Waals surface area (Å²) in [6.07, 6.45) is 1.78. The lowest BCUT2D eigenvalue weighted by molar-refractivity contribution is 0.569. The summed E-state index contributed by atoms with van der Waals surface area (Å²) in [7, 11) is -3.31. The van der Waals surface area contributed by atoms with Crippen molar-refractivity contribution in [3.63, 3.8) is 0 Å². The first kappa shape index (κ1) is 19.8. The lowest BCUT2D eigenvalue weighted by Crippen LogP contribution is -2.31. The van der Waals surface area contributed by atoms with Crippen LogP contribution in [0.15, 0.2) is 59.2 Å². The summed E-state index contributed by atoms with van der Waals surface area (Å²) >= 11 is 3.53. The van der Waals surface area contributed by atoms with E-state index in [-0.39, 0.29) is 11.8 Å². The third-order valence-corrected chi connectivity index (χ3v) is 6.18. The molecule has 27 heavy (non-hydrogen) atoms. The Kier molecular flexibility index (Phi) is 6.14. The highest BCUT2D eigenvalue weighted by Gasteiger charge is 2.12. The molecule has 2 aromatic carbocycles. The summed E-state index contributed by atoms with van der Waals surface area (Å²) in [6.45, 7) is 4.27. The van der Waals surface area contributed by atoms with Gasteiger partial charge in [-0.25, -0.2) is 13.1 Å². The van der Waals surface area contributed by atoms with E-state index in [0.717, 1.165) is 32.2 Å². The summed E-state index contributed by atoms with van der Waals surface area (Å²) in [5.41, 5.74) is 3.77. The highest BCUT2D eigenvalue weighted by molar-refractivity contribution is 9.10. The van der Waals surface area contributed by atoms with Gasteiger partial charge in [-0.1, -0.05) is 36.4 Å². The number of pyridine rings is 1. The smallest absolute Gasteiger partial charge is 0.216 e. The van der Waals surface area contributed by atoms with Gasteiger partial charge in [0.25, 0.3) is 0 Å². The predicted octanol–water partition coefficient (Wildman–Crippen LogP) is 4.44. The maximum atomic E-state index is 12.0. The van der Waals surface area contributed by atoms with Crippen molar-refractivity contribution >= 4 is 42.5 Å². The summed E-state index contributed by atoms with van der Waals surface area (Å²) in [4.78, 5) is 4.41. The highest BCUT2D eigenvalue weighted by atomic mass is 79.9. The summed E-state index contributed by atoms with van der Waals surface area (Å²) in [6, 6.07) is 15.5. The number of para-hydroxylation sites is 1. The number of fused-ring (bicyclic) bond motifs is 1. The molecular formula is C20H22BrN3O2S. The number of hydrogen-bond acceptors (Lipinski definition) is 4. The van der Waals surface area contributed by atoms with Crippen LogP contribution in [0.3, 0.4) is 0 Å². The summed E-state index contributed by atoms with van der Waals surface area (Å²) < 4.78 is 27.6. The second-order valence-corrected chi connectivity index (χ2v) is 9.30. The van der Waals surface area contributed by atoms with Crippen molar-refractivity contribution in [3.05, 3.63) is 70.3 Å². The minimum Gasteiger partial charge on any atom is -0.380 e. The first-order valence-corrected chi connectivity index (χ1v) is 11.1. The van der Waals surface area contributed by atoms with E-state index < -0.39 is 10.0 Å². The zero-order valence-electron chi connectivity index (χ0n) is 15.2. The highest BCUT2D eigenvalue weighted by Crippen LogP contribution is 2.27. The Morgan fingerprint density at radius 1 is 1.04 bits per heavy atom. The largest absolute Gasteiger partial charge is 0.380 e. The quantitative estimate of drug-likeness (QED) is 0.561. The molecule has 5 nitrogen and oxygen atoms in total. The number of sulfonamides is 1. The Labute approximate surface area is 168 Å². The number of halogens is 1. The molecule has 1 heterocycles. The fourth-order valence-corrected chi connectivity index (χ4v) is 4.77. The van der Waals surface area contributed by atoms with E-state index in [1.54, 1.807) is 6.20 Å². The third-order valence-electron chi connectivity index (χ3n) is 4.00. The van der Waals surface area contributed by atoms with Gasteiger partial charge in [0.05, 0.1) is 11.3 Å². The summed E-state index contributed by atoms with van der Waals surface area (Å²) in [5, 5.41) is 4.48. The van der Waals surface area contributed by atoms with Gasteiger partial charge in [0.15, 0.2) is 0 Å². The average molecular weight is 448 g/mol. The predicted molar refractivity (Wildman–Crippen MR) is 114 cm³/mol. The van der Waals surface area contributed by atoms with Crippen molar-refractivity contribution in [2.75, 3.05) is 5.32 Å². The van der Waals surface area contributed by atoms with Crippen LogP contribution in [0.25, 0.3) is 10.9 Å². The van der Waals surface area contributed by atoms with Gasteiger partial charge < -0.3 is 5.32 Å². The van der Waals surface area contributed by atoms with Crippen molar-refractivity contribution in [2.24, 2.45) is 0 Å². The minimum atomic E-state index is -3.31. The third kappa shape index (κ3) is 5.28. The molecule has 3 rings (SSSR count). The van der Waals surface area contributed by atoms with E-state index in [9.17, 15) is 8.42 Å². The molecule has 0 aliphatic heterocycles. The fourth-order valence-electron chi connectivity index (χ4n) is 2.86. The fraction of sp³-hybridized carbons (Fsp3) is 0.250. The molecule has 1 aromatic heterocycles. The molecule has 0 bridgehead atoms. The van der Waals surface area contributed by atoms with Crippen molar-refractivity contribution in [1.29, 1.82) is 0 Å². The first-order chi connectivity index (χ1) is 12.8. The van der Waals surface area contributed by atoms with Crippen LogP contribution in [-0.2, 0) is 22.3 Å². The SMILES string of the molecule is CC(C)NS(=O)(=O)Cc1ccc(CNc2ccnc3c(Br)cccc23)cc1. The Bertz CT molecular complexity index is 1030. The number of nitrogens with zero attached hydrogens (tertiary/aromatic N) is 1. The molecule has 7 heteroatoms.